The summed E-state index contributed by atoms with van der Waals surface area (Å²) in [6.45, 7) is 1.98. The smallest absolute Gasteiger partial charge is 0.328 e. The molecule has 0 saturated heterocycles. The lowest BCUT2D eigenvalue weighted by Gasteiger charge is -2.03. The predicted octanol–water partition coefficient (Wildman–Crippen LogP) is 2.58. The van der Waals surface area contributed by atoms with E-state index in [1.165, 1.54) is 0 Å². The highest BCUT2D eigenvalue weighted by atomic mass is 16.5. The summed E-state index contributed by atoms with van der Waals surface area (Å²) in [5.74, 6) is -0.196. The van der Waals surface area contributed by atoms with Gasteiger partial charge in [0.05, 0.1) is 7.11 Å². The molecular formula is C13H13NO3. The van der Waals surface area contributed by atoms with Crippen molar-refractivity contribution in [2.24, 2.45) is 0 Å². The van der Waals surface area contributed by atoms with Gasteiger partial charge in [-0.05, 0) is 30.7 Å². The van der Waals surface area contributed by atoms with E-state index in [1.54, 1.807) is 19.4 Å². The molecule has 0 spiro atoms. The Kier molecular flexibility index (Phi) is 2.87. The lowest BCUT2D eigenvalue weighted by molar-refractivity contribution is -0.131. The van der Waals surface area contributed by atoms with Crippen LogP contribution in [-0.4, -0.2) is 23.2 Å². The van der Waals surface area contributed by atoms with E-state index < -0.39 is 5.97 Å². The quantitative estimate of drug-likeness (QED) is 0.798. The molecule has 17 heavy (non-hydrogen) atoms. The van der Waals surface area contributed by atoms with Crippen LogP contribution in [0.25, 0.3) is 17.0 Å². The van der Waals surface area contributed by atoms with Crippen molar-refractivity contribution < 1.29 is 14.6 Å². The molecule has 0 aliphatic carbocycles. The van der Waals surface area contributed by atoms with Gasteiger partial charge in [-0.1, -0.05) is 0 Å². The van der Waals surface area contributed by atoms with Crippen LogP contribution >= 0.6 is 0 Å². The standard InChI is InChI=1S/C13H13NO3/c1-8-5-10(17-2)6-11-9(3-4-12(15)16)7-14-13(8)11/h3-7,14H,1-2H3,(H,15,16)/b4-3+. The van der Waals surface area contributed by atoms with Crippen LogP contribution in [0.3, 0.4) is 0 Å². The Bertz CT molecular complexity index is 596. The van der Waals surface area contributed by atoms with Crippen LogP contribution in [0.2, 0.25) is 0 Å². The van der Waals surface area contributed by atoms with Crippen molar-refractivity contribution in [3.8, 4) is 5.75 Å². The van der Waals surface area contributed by atoms with Crippen molar-refractivity contribution in [3.05, 3.63) is 35.5 Å². The van der Waals surface area contributed by atoms with Crippen LogP contribution in [0.15, 0.2) is 24.4 Å². The molecule has 2 N–H and O–H groups in total. The molecule has 0 radical (unpaired) electrons. The van der Waals surface area contributed by atoms with Crippen LogP contribution in [0.4, 0.5) is 0 Å². The highest BCUT2D eigenvalue weighted by molar-refractivity contribution is 5.95. The Labute approximate surface area is 98.5 Å². The third kappa shape index (κ3) is 2.15. The molecule has 0 amide bonds. The van der Waals surface area contributed by atoms with Crippen molar-refractivity contribution >= 4 is 22.9 Å². The summed E-state index contributed by atoms with van der Waals surface area (Å²) in [5.41, 5.74) is 2.90. The fraction of sp³-hybridized carbons (Fsp3) is 0.154. The molecule has 0 fully saturated rings. The van der Waals surface area contributed by atoms with Gasteiger partial charge in [-0.25, -0.2) is 4.79 Å². The van der Waals surface area contributed by atoms with Gasteiger partial charge < -0.3 is 14.8 Å². The molecule has 2 aromatic rings. The average Bonchev–Trinajstić information content (AvgIpc) is 2.69. The van der Waals surface area contributed by atoms with Gasteiger partial charge in [-0.2, -0.15) is 0 Å². The molecule has 4 nitrogen and oxygen atoms in total. The van der Waals surface area contributed by atoms with Gasteiger partial charge in [0, 0.05) is 28.7 Å². The fourth-order valence-electron chi connectivity index (χ4n) is 1.82. The molecule has 0 atom stereocenters. The monoisotopic (exact) mass is 231 g/mol. The van der Waals surface area contributed by atoms with E-state index in [4.69, 9.17) is 9.84 Å². The van der Waals surface area contributed by atoms with Crippen molar-refractivity contribution in [1.29, 1.82) is 0 Å². The number of aromatic nitrogens is 1. The van der Waals surface area contributed by atoms with Crippen molar-refractivity contribution in [2.45, 2.75) is 6.92 Å². The van der Waals surface area contributed by atoms with Gasteiger partial charge in [0.15, 0.2) is 0 Å². The van der Waals surface area contributed by atoms with Crippen LogP contribution in [0.1, 0.15) is 11.1 Å². The number of hydrogen-bond acceptors (Lipinski definition) is 2. The van der Waals surface area contributed by atoms with Crippen molar-refractivity contribution in [1.82, 2.24) is 4.98 Å². The zero-order valence-corrected chi connectivity index (χ0v) is 9.65. The van der Waals surface area contributed by atoms with E-state index in [-0.39, 0.29) is 0 Å². The predicted molar refractivity (Wildman–Crippen MR) is 66.3 cm³/mol. The number of carboxylic acid groups (broad SMARTS) is 1. The molecular weight excluding hydrogens is 218 g/mol. The molecule has 0 saturated carbocycles. The van der Waals surface area contributed by atoms with Crippen LogP contribution < -0.4 is 4.74 Å². The number of hydrogen-bond donors (Lipinski definition) is 2. The summed E-state index contributed by atoms with van der Waals surface area (Å²) in [6.07, 6.45) is 4.48. The summed E-state index contributed by atoms with van der Waals surface area (Å²) in [6, 6.07) is 3.82. The minimum atomic E-state index is -0.959. The van der Waals surface area contributed by atoms with E-state index >= 15 is 0 Å². The number of H-pyrrole nitrogens is 1. The van der Waals surface area contributed by atoms with E-state index in [0.717, 1.165) is 33.9 Å². The first-order valence-corrected chi connectivity index (χ1v) is 5.18. The maximum atomic E-state index is 10.5. The summed E-state index contributed by atoms with van der Waals surface area (Å²) < 4.78 is 5.20. The Balaban J connectivity index is 2.58. The fourth-order valence-corrected chi connectivity index (χ4v) is 1.82. The lowest BCUT2D eigenvalue weighted by Crippen LogP contribution is -1.86. The molecule has 1 aromatic carbocycles. The minimum Gasteiger partial charge on any atom is -0.497 e. The van der Waals surface area contributed by atoms with Crippen LogP contribution in [-0.2, 0) is 4.79 Å². The second-order valence-corrected chi connectivity index (χ2v) is 3.78. The molecule has 4 heteroatoms. The third-order valence-electron chi connectivity index (χ3n) is 2.63. The number of methoxy groups -OCH3 is 1. The lowest BCUT2D eigenvalue weighted by atomic mass is 10.1. The number of ether oxygens (including phenoxy) is 1. The highest BCUT2D eigenvalue weighted by Gasteiger charge is 2.06. The number of carbonyl (C=O) groups is 1. The van der Waals surface area contributed by atoms with Crippen molar-refractivity contribution in [3.63, 3.8) is 0 Å². The Hall–Kier alpha value is -2.23. The number of carboxylic acids is 1. The number of fused-ring (bicyclic) bond motifs is 1. The molecule has 88 valence electrons. The summed E-state index contributed by atoms with van der Waals surface area (Å²) in [4.78, 5) is 13.6. The van der Waals surface area contributed by atoms with Gasteiger partial charge >= 0.3 is 5.97 Å². The Morgan fingerprint density at radius 3 is 2.88 bits per heavy atom. The third-order valence-corrected chi connectivity index (χ3v) is 2.63. The summed E-state index contributed by atoms with van der Waals surface area (Å²) >= 11 is 0. The van der Waals surface area contributed by atoms with Crippen molar-refractivity contribution in [2.75, 3.05) is 7.11 Å². The molecule has 0 aliphatic rings. The first-order valence-electron chi connectivity index (χ1n) is 5.18. The average molecular weight is 231 g/mol. The Morgan fingerprint density at radius 1 is 1.47 bits per heavy atom. The zero-order chi connectivity index (χ0) is 12.4. The number of nitrogens with one attached hydrogen (secondary N) is 1. The molecule has 0 aliphatic heterocycles. The largest absolute Gasteiger partial charge is 0.497 e. The number of aromatic amines is 1. The van der Waals surface area contributed by atoms with E-state index in [1.807, 2.05) is 19.1 Å². The van der Waals surface area contributed by atoms with E-state index in [9.17, 15) is 4.79 Å². The first kappa shape index (κ1) is 11.3. The second-order valence-electron chi connectivity index (χ2n) is 3.78. The maximum Gasteiger partial charge on any atom is 0.328 e. The van der Waals surface area contributed by atoms with E-state index in [0.29, 0.717) is 0 Å². The SMILES string of the molecule is COc1cc(C)c2[nH]cc(/C=C/C(=O)O)c2c1. The molecule has 2 rings (SSSR count). The molecule has 0 bridgehead atoms. The number of rotatable bonds is 3. The molecule has 0 unspecified atom stereocenters. The topological polar surface area (TPSA) is 62.3 Å². The van der Waals surface area contributed by atoms with Gasteiger partial charge in [0.25, 0.3) is 0 Å². The second kappa shape index (κ2) is 4.33. The first-order chi connectivity index (χ1) is 8.11. The van der Waals surface area contributed by atoms with Gasteiger partial charge in [0.2, 0.25) is 0 Å². The van der Waals surface area contributed by atoms with E-state index in [2.05, 4.69) is 4.98 Å². The summed E-state index contributed by atoms with van der Waals surface area (Å²) in [7, 11) is 1.61. The van der Waals surface area contributed by atoms with Gasteiger partial charge in [-0.15, -0.1) is 0 Å². The number of benzene rings is 1. The zero-order valence-electron chi connectivity index (χ0n) is 9.65. The van der Waals surface area contributed by atoms with Gasteiger partial charge in [-0.3, -0.25) is 0 Å². The Morgan fingerprint density at radius 2 is 2.24 bits per heavy atom. The van der Waals surface area contributed by atoms with Gasteiger partial charge in [0.1, 0.15) is 5.75 Å². The number of aliphatic carboxylic acids is 1. The normalized spacial score (nSPS) is 11.2. The van der Waals surface area contributed by atoms with Crippen LogP contribution in [0.5, 0.6) is 5.75 Å². The minimum absolute atomic E-state index is 0.763. The highest BCUT2D eigenvalue weighted by Crippen LogP contribution is 2.27. The number of aryl methyl sites for hydroxylation is 1. The molecule has 1 aromatic heterocycles. The van der Waals surface area contributed by atoms with Crippen LogP contribution in [0, 0.1) is 6.92 Å². The maximum absolute atomic E-state index is 10.5. The summed E-state index contributed by atoms with van der Waals surface area (Å²) in [5, 5.41) is 9.58. The molecule has 1 heterocycles.